The standard InChI is InChI=1S/C14H15N7/c1-3-21-10-11(9-16-21)8-15-13-6-4-5-12(7-13)14-17-18-19-20(14)2/h3-7,9-10,15H,1,8H2,2H3. The molecule has 1 aromatic carbocycles. The van der Waals surface area contributed by atoms with Gasteiger partial charge in [-0.2, -0.15) is 5.10 Å². The van der Waals surface area contributed by atoms with E-state index in [0.29, 0.717) is 6.54 Å². The average Bonchev–Trinajstić information content (AvgIpc) is 3.14. The van der Waals surface area contributed by atoms with Crippen LogP contribution < -0.4 is 5.32 Å². The summed E-state index contributed by atoms with van der Waals surface area (Å²) >= 11 is 0. The second-order valence-corrected chi connectivity index (χ2v) is 4.57. The smallest absolute Gasteiger partial charge is 0.181 e. The lowest BCUT2D eigenvalue weighted by molar-refractivity contribution is 0.714. The van der Waals surface area contributed by atoms with Crippen molar-refractivity contribution in [2.75, 3.05) is 5.32 Å². The largest absolute Gasteiger partial charge is 0.381 e. The molecular formula is C14H15N7. The second kappa shape index (κ2) is 5.58. The zero-order chi connectivity index (χ0) is 14.7. The predicted octanol–water partition coefficient (Wildman–Crippen LogP) is 1.79. The summed E-state index contributed by atoms with van der Waals surface area (Å²) in [6.45, 7) is 4.36. The van der Waals surface area contributed by atoms with Crippen LogP contribution in [0.15, 0.2) is 43.2 Å². The minimum Gasteiger partial charge on any atom is -0.381 e. The topological polar surface area (TPSA) is 73.5 Å². The van der Waals surface area contributed by atoms with Gasteiger partial charge >= 0.3 is 0 Å². The first-order valence-corrected chi connectivity index (χ1v) is 6.48. The molecule has 0 atom stereocenters. The number of nitrogens with one attached hydrogen (secondary N) is 1. The predicted molar refractivity (Wildman–Crippen MR) is 80.2 cm³/mol. The maximum absolute atomic E-state index is 4.15. The lowest BCUT2D eigenvalue weighted by atomic mass is 10.2. The van der Waals surface area contributed by atoms with E-state index in [4.69, 9.17) is 0 Å². The molecule has 0 amide bonds. The number of nitrogens with zero attached hydrogens (tertiary/aromatic N) is 6. The lowest BCUT2D eigenvalue weighted by Gasteiger charge is -2.06. The monoisotopic (exact) mass is 281 g/mol. The molecule has 0 unspecified atom stereocenters. The van der Waals surface area contributed by atoms with Gasteiger partial charge in [-0.3, -0.25) is 0 Å². The van der Waals surface area contributed by atoms with Gasteiger partial charge in [0.2, 0.25) is 0 Å². The van der Waals surface area contributed by atoms with E-state index in [9.17, 15) is 0 Å². The Morgan fingerprint density at radius 1 is 1.38 bits per heavy atom. The fraction of sp³-hybridized carbons (Fsp3) is 0.143. The van der Waals surface area contributed by atoms with Crippen molar-refractivity contribution in [1.29, 1.82) is 0 Å². The van der Waals surface area contributed by atoms with E-state index in [-0.39, 0.29) is 0 Å². The van der Waals surface area contributed by atoms with Crippen molar-refractivity contribution in [3.8, 4) is 11.4 Å². The highest BCUT2D eigenvalue weighted by molar-refractivity contribution is 5.62. The van der Waals surface area contributed by atoms with Crippen molar-refractivity contribution in [3.63, 3.8) is 0 Å². The molecule has 3 rings (SSSR count). The SMILES string of the molecule is C=Cn1cc(CNc2cccc(-c3nnnn3C)c2)cn1. The summed E-state index contributed by atoms with van der Waals surface area (Å²) in [6, 6.07) is 7.97. The first-order chi connectivity index (χ1) is 10.3. The van der Waals surface area contributed by atoms with E-state index in [1.807, 2.05) is 43.7 Å². The minimum atomic E-state index is 0.689. The molecule has 0 saturated heterocycles. The Kier molecular flexibility index (Phi) is 3.46. The summed E-state index contributed by atoms with van der Waals surface area (Å²) in [5, 5.41) is 19.0. The van der Waals surface area contributed by atoms with Crippen molar-refractivity contribution in [2.24, 2.45) is 7.05 Å². The molecule has 0 bridgehead atoms. The molecule has 106 valence electrons. The molecule has 0 fully saturated rings. The first-order valence-electron chi connectivity index (χ1n) is 6.48. The number of hydrogen-bond acceptors (Lipinski definition) is 5. The Bertz CT molecular complexity index is 756. The van der Waals surface area contributed by atoms with Gasteiger partial charge in [-0.1, -0.05) is 18.7 Å². The third-order valence-electron chi connectivity index (χ3n) is 3.08. The zero-order valence-electron chi connectivity index (χ0n) is 11.6. The molecule has 1 N–H and O–H groups in total. The molecule has 0 spiro atoms. The van der Waals surface area contributed by atoms with Crippen molar-refractivity contribution in [2.45, 2.75) is 6.54 Å². The summed E-state index contributed by atoms with van der Waals surface area (Å²) in [5.74, 6) is 0.734. The van der Waals surface area contributed by atoms with E-state index in [2.05, 4.69) is 32.5 Å². The maximum Gasteiger partial charge on any atom is 0.181 e. The highest BCUT2D eigenvalue weighted by Gasteiger charge is 2.06. The van der Waals surface area contributed by atoms with Crippen LogP contribution in [0.3, 0.4) is 0 Å². The van der Waals surface area contributed by atoms with Crippen LogP contribution in [0, 0.1) is 0 Å². The first kappa shape index (κ1) is 13.0. The van der Waals surface area contributed by atoms with Gasteiger partial charge in [-0.15, -0.1) is 5.10 Å². The Morgan fingerprint density at radius 2 is 2.29 bits per heavy atom. The fourth-order valence-electron chi connectivity index (χ4n) is 2.01. The summed E-state index contributed by atoms with van der Waals surface area (Å²) < 4.78 is 3.33. The molecule has 0 radical (unpaired) electrons. The molecule has 2 heterocycles. The number of anilines is 1. The Balaban J connectivity index is 1.74. The van der Waals surface area contributed by atoms with E-state index in [0.717, 1.165) is 22.6 Å². The highest BCUT2D eigenvalue weighted by atomic mass is 15.5. The van der Waals surface area contributed by atoms with Crippen LogP contribution in [0.25, 0.3) is 17.6 Å². The van der Waals surface area contributed by atoms with Crippen molar-refractivity contribution < 1.29 is 0 Å². The quantitative estimate of drug-likeness (QED) is 0.771. The van der Waals surface area contributed by atoms with Crippen molar-refractivity contribution in [1.82, 2.24) is 30.0 Å². The van der Waals surface area contributed by atoms with Gasteiger partial charge < -0.3 is 5.32 Å². The number of hydrogen-bond donors (Lipinski definition) is 1. The molecule has 0 aliphatic carbocycles. The van der Waals surface area contributed by atoms with Crippen LogP contribution in [0.2, 0.25) is 0 Å². The Labute approximate surface area is 121 Å². The van der Waals surface area contributed by atoms with Gasteiger partial charge in [0.15, 0.2) is 5.82 Å². The van der Waals surface area contributed by atoms with Crippen LogP contribution in [0.5, 0.6) is 0 Å². The van der Waals surface area contributed by atoms with Gasteiger partial charge in [0.25, 0.3) is 0 Å². The van der Waals surface area contributed by atoms with Crippen LogP contribution in [-0.4, -0.2) is 30.0 Å². The van der Waals surface area contributed by atoms with Crippen LogP contribution in [0.4, 0.5) is 5.69 Å². The van der Waals surface area contributed by atoms with E-state index < -0.39 is 0 Å². The van der Waals surface area contributed by atoms with Crippen LogP contribution in [0.1, 0.15) is 5.56 Å². The summed E-state index contributed by atoms with van der Waals surface area (Å²) in [4.78, 5) is 0. The molecule has 0 aliphatic rings. The van der Waals surface area contributed by atoms with E-state index in [1.54, 1.807) is 15.6 Å². The summed E-state index contributed by atoms with van der Waals surface area (Å²) in [5.41, 5.74) is 3.05. The molecular weight excluding hydrogens is 266 g/mol. The van der Waals surface area contributed by atoms with Crippen LogP contribution in [-0.2, 0) is 13.6 Å². The zero-order valence-corrected chi connectivity index (χ0v) is 11.6. The summed E-state index contributed by atoms with van der Waals surface area (Å²) in [7, 11) is 1.82. The Morgan fingerprint density at radius 3 is 3.00 bits per heavy atom. The number of aryl methyl sites for hydroxylation is 1. The van der Waals surface area contributed by atoms with Crippen molar-refractivity contribution in [3.05, 3.63) is 48.8 Å². The minimum absolute atomic E-state index is 0.689. The van der Waals surface area contributed by atoms with E-state index in [1.165, 1.54) is 0 Å². The van der Waals surface area contributed by atoms with Gasteiger partial charge in [-0.05, 0) is 22.6 Å². The molecule has 0 aliphatic heterocycles. The Hall–Kier alpha value is -2.96. The lowest BCUT2D eigenvalue weighted by Crippen LogP contribution is -1.99. The number of rotatable bonds is 5. The summed E-state index contributed by atoms with van der Waals surface area (Å²) in [6.07, 6.45) is 5.40. The third kappa shape index (κ3) is 2.81. The molecule has 7 nitrogen and oxygen atoms in total. The fourth-order valence-corrected chi connectivity index (χ4v) is 2.01. The van der Waals surface area contributed by atoms with Crippen molar-refractivity contribution >= 4 is 11.9 Å². The maximum atomic E-state index is 4.15. The molecule has 7 heteroatoms. The highest BCUT2D eigenvalue weighted by Crippen LogP contribution is 2.19. The molecule has 3 aromatic rings. The number of aromatic nitrogens is 6. The second-order valence-electron chi connectivity index (χ2n) is 4.57. The molecule has 2 aromatic heterocycles. The van der Waals surface area contributed by atoms with E-state index >= 15 is 0 Å². The van der Waals surface area contributed by atoms with Gasteiger partial charge in [0.05, 0.1) is 6.20 Å². The van der Waals surface area contributed by atoms with Gasteiger partial charge in [0, 0.05) is 42.8 Å². The average molecular weight is 281 g/mol. The number of tetrazole rings is 1. The van der Waals surface area contributed by atoms with Gasteiger partial charge in [-0.25, -0.2) is 9.36 Å². The molecule has 21 heavy (non-hydrogen) atoms. The normalized spacial score (nSPS) is 10.5. The van der Waals surface area contributed by atoms with Crippen LogP contribution >= 0.6 is 0 Å². The number of benzene rings is 1. The molecule has 0 saturated carbocycles. The van der Waals surface area contributed by atoms with Gasteiger partial charge in [0.1, 0.15) is 0 Å². The third-order valence-corrected chi connectivity index (χ3v) is 3.08.